The second-order valence-electron chi connectivity index (χ2n) is 22.5. The van der Waals surface area contributed by atoms with Crippen LogP contribution in [0, 0.1) is 29.6 Å². The summed E-state index contributed by atoms with van der Waals surface area (Å²) >= 11 is 0. The van der Waals surface area contributed by atoms with Crippen LogP contribution in [-0.2, 0) is 14.2 Å². The summed E-state index contributed by atoms with van der Waals surface area (Å²) in [6.45, 7) is 16.1. The van der Waals surface area contributed by atoms with Crippen molar-refractivity contribution in [2.75, 3.05) is 25.3 Å². The smallest absolute Gasteiger partial charge is 0.412 e. The van der Waals surface area contributed by atoms with Crippen molar-refractivity contribution < 1.29 is 42.9 Å². The summed E-state index contributed by atoms with van der Waals surface area (Å²) in [7, 11) is 2.49. The van der Waals surface area contributed by atoms with Crippen LogP contribution < -0.4 is 44.6 Å². The molecule has 0 aliphatic heterocycles. The van der Waals surface area contributed by atoms with E-state index in [9.17, 15) is 43.2 Å². The molecule has 4 unspecified atom stereocenters. The number of hydrogen-bond donors (Lipinski definition) is 4. The molecule has 0 spiro atoms. The highest BCUT2D eigenvalue weighted by Crippen LogP contribution is 2.39. The van der Waals surface area contributed by atoms with Crippen molar-refractivity contribution in [2.45, 2.75) is 155 Å². The van der Waals surface area contributed by atoms with Crippen molar-refractivity contribution in [1.29, 1.82) is 0 Å². The number of carbonyl (C=O) groups excluding carboxylic acids is 3. The summed E-state index contributed by atoms with van der Waals surface area (Å²) in [6, 6.07) is 17.4. The molecule has 0 aromatic carbocycles. The van der Waals surface area contributed by atoms with Crippen LogP contribution in [0.3, 0.4) is 0 Å². The van der Waals surface area contributed by atoms with Gasteiger partial charge in [0, 0.05) is 55.0 Å². The number of nitrogen functional groups attached to an aromatic ring is 1. The van der Waals surface area contributed by atoms with Crippen molar-refractivity contribution in [1.82, 2.24) is 18.3 Å². The zero-order valence-corrected chi connectivity index (χ0v) is 49.4. The number of aromatic carboxylic acids is 1. The molecular formula is C60H82ClN7O14. The van der Waals surface area contributed by atoms with E-state index in [4.69, 9.17) is 21.3 Å². The van der Waals surface area contributed by atoms with Gasteiger partial charge in [0.1, 0.15) is 28.0 Å². The normalized spacial score (nSPS) is 23.3. The fourth-order valence-corrected chi connectivity index (χ4v) is 9.61. The maximum Gasteiger partial charge on any atom is 0.412 e. The summed E-state index contributed by atoms with van der Waals surface area (Å²) in [5, 5.41) is 11.3. The van der Waals surface area contributed by atoms with Crippen LogP contribution in [0.5, 0.6) is 0 Å². The molecule has 5 fully saturated rings. The lowest BCUT2D eigenvalue weighted by Gasteiger charge is -2.35. The highest BCUT2D eigenvalue weighted by Gasteiger charge is 2.33. The van der Waals surface area contributed by atoms with Crippen LogP contribution in [0.4, 0.5) is 16.2 Å². The number of pyridine rings is 4. The average Bonchev–Trinajstić information content (AvgIpc) is 3.42. The number of rotatable bonds is 8. The Balaban J connectivity index is 0.000000216. The molecule has 5 aliphatic rings. The standard InChI is InChI=1S/C15H22N2O3.C12H15NO3.C11H13NO3.C10H14N2O.C7H6O4.C5H11N.ClH/c1-10-7-8-12(10)17-9-5-6-11(13(17)18)16-14(19)20-15(2,3)4;1-8-5-6-10(8)13-7-3-4-9(11(13)14)12(15)16-2;1-7-4-5-9(7)12-6-2-3-8(10(12)13)11(14)15;1-7-4-5-9(7)12-6-2-3-8(11)10(12)13;1-10-6(8)5-3-2-4-11-7(5)9;1-4-2-3-5(4)6;/h5-6,9-10,12H,7-8H2,1-4H3,(H,16,19);3-4,7-8,10H,5-6H2,1-2H3;2-3,6-7,9H,4-5H2,1H3,(H,14,15);2-3,6-7,9H,4-5,11H2,1H3;2-4H,1H3;4-5H,2-3,6H2,1H3;1H/t10-,12?;8-,10?;2*7-,9?;;4-,5+;/m1111.1./s1. The van der Waals surface area contributed by atoms with Gasteiger partial charge in [-0.15, -0.1) is 12.4 Å². The second kappa shape index (κ2) is 30.5. The SMILES string of the molecule is COC(=O)c1cccn(C2CC[C@H]2C)c1=O.COC(=O)c1cccoc1=O.C[C@@H]1CCC1n1cccc(C(=O)O)c1=O.C[C@@H]1CCC1n1cccc(N)c1=O.C[C@@H]1CCC1n1cccc(NC(=O)OC(C)(C)C)c1=O.C[C@@H]1CC[C@@H]1N.Cl. The Hall–Kier alpha value is -7.52. The fourth-order valence-electron chi connectivity index (χ4n) is 9.61. The first-order chi connectivity index (χ1) is 38.3. The molecule has 5 heterocycles. The highest BCUT2D eigenvalue weighted by atomic mass is 35.5. The largest absolute Gasteiger partial charge is 0.477 e. The number of carboxylic acids is 1. The van der Waals surface area contributed by atoms with Gasteiger partial charge in [0.15, 0.2) is 0 Å². The molecule has 22 heteroatoms. The third-order valence-electron chi connectivity index (χ3n) is 15.8. The lowest BCUT2D eigenvalue weighted by molar-refractivity contribution is 0.0587. The zero-order valence-electron chi connectivity index (χ0n) is 48.6. The lowest BCUT2D eigenvalue weighted by Crippen LogP contribution is -2.37. The Morgan fingerprint density at radius 3 is 1.29 bits per heavy atom. The Bertz CT molecular complexity index is 3260. The van der Waals surface area contributed by atoms with E-state index in [1.54, 1.807) is 88.0 Å². The number of anilines is 2. The first-order valence-corrected chi connectivity index (χ1v) is 27.6. The number of nitrogens with zero attached hydrogens (tertiary/aromatic N) is 4. The molecular weight excluding hydrogens is 1080 g/mol. The maximum atomic E-state index is 12.3. The van der Waals surface area contributed by atoms with E-state index in [0.29, 0.717) is 41.4 Å². The minimum absolute atomic E-state index is 0. The van der Waals surface area contributed by atoms with Gasteiger partial charge in [-0.1, -0.05) is 34.6 Å². The van der Waals surface area contributed by atoms with Gasteiger partial charge in [-0.25, -0.2) is 24.0 Å². The first-order valence-electron chi connectivity index (χ1n) is 27.6. The molecule has 6 N–H and O–H groups in total. The summed E-state index contributed by atoms with van der Waals surface area (Å²) < 4.78 is 25.2. The zero-order chi connectivity index (χ0) is 59.9. The van der Waals surface area contributed by atoms with Gasteiger partial charge in [0.25, 0.3) is 22.2 Å². The minimum Gasteiger partial charge on any atom is -0.477 e. The number of amides is 1. The van der Waals surface area contributed by atoms with Crippen LogP contribution in [0.1, 0.15) is 175 Å². The lowest BCUT2D eigenvalue weighted by atomic mass is 9.81. The van der Waals surface area contributed by atoms with Crippen LogP contribution in [0.2, 0.25) is 0 Å². The number of nitrogens with one attached hydrogen (secondary N) is 1. The summed E-state index contributed by atoms with van der Waals surface area (Å²) in [6.07, 6.45) is 18.9. The summed E-state index contributed by atoms with van der Waals surface area (Å²) in [4.78, 5) is 103. The van der Waals surface area contributed by atoms with Crippen molar-refractivity contribution >= 4 is 47.8 Å². The molecule has 448 valence electrons. The summed E-state index contributed by atoms with van der Waals surface area (Å²) in [5.74, 6) is 0.498. The third-order valence-corrected chi connectivity index (χ3v) is 15.8. The number of aromatic nitrogens is 4. The van der Waals surface area contributed by atoms with Crippen LogP contribution in [0.25, 0.3) is 0 Å². The van der Waals surface area contributed by atoms with Crippen LogP contribution in [0.15, 0.2) is 120 Å². The molecule has 0 radical (unpaired) electrons. The fraction of sp³-hybridized carbons (Fsp3) is 0.517. The number of esters is 2. The predicted molar refractivity (Wildman–Crippen MR) is 315 cm³/mol. The van der Waals surface area contributed by atoms with Gasteiger partial charge in [-0.05, 0) is 175 Å². The van der Waals surface area contributed by atoms with Crippen LogP contribution in [-0.4, -0.2) is 73.2 Å². The van der Waals surface area contributed by atoms with E-state index in [2.05, 4.69) is 53.8 Å². The Morgan fingerprint density at radius 2 is 0.927 bits per heavy atom. The maximum absolute atomic E-state index is 12.3. The molecule has 0 bridgehead atoms. The number of methoxy groups -OCH3 is 2. The summed E-state index contributed by atoms with van der Waals surface area (Å²) in [5.41, 5.74) is 9.46. The molecule has 0 saturated heterocycles. The molecule has 10 atom stereocenters. The molecule has 5 saturated carbocycles. The highest BCUT2D eigenvalue weighted by molar-refractivity contribution is 5.89. The van der Waals surface area contributed by atoms with Crippen LogP contribution >= 0.6 is 12.4 Å². The quantitative estimate of drug-likeness (QED) is 0.0831. The molecule has 5 aromatic rings. The van der Waals surface area contributed by atoms with Gasteiger partial charge in [0.2, 0.25) is 0 Å². The minimum atomic E-state index is -1.15. The Kier molecular flexibility index (Phi) is 24.9. The van der Waals surface area contributed by atoms with Gasteiger partial charge >= 0.3 is 29.6 Å². The third kappa shape index (κ3) is 17.5. The number of carboxylic acid groups (broad SMARTS) is 1. The monoisotopic (exact) mass is 1160 g/mol. The van der Waals surface area contributed by atoms with Crippen molar-refractivity contribution in [3.8, 4) is 0 Å². The molecule has 1 amide bonds. The average molecular weight is 1160 g/mol. The van der Waals surface area contributed by atoms with Crippen molar-refractivity contribution in [3.05, 3.63) is 160 Å². The number of carbonyl (C=O) groups is 4. The molecule has 82 heavy (non-hydrogen) atoms. The van der Waals surface area contributed by atoms with Gasteiger partial charge < -0.3 is 53.5 Å². The van der Waals surface area contributed by atoms with Gasteiger partial charge in [-0.2, -0.15) is 0 Å². The van der Waals surface area contributed by atoms with E-state index in [0.717, 1.165) is 50.9 Å². The van der Waals surface area contributed by atoms with Crippen molar-refractivity contribution in [2.24, 2.45) is 35.3 Å². The number of ether oxygens (including phenoxy) is 3. The van der Waals surface area contributed by atoms with Gasteiger partial charge in [-0.3, -0.25) is 24.5 Å². The van der Waals surface area contributed by atoms with Crippen molar-refractivity contribution in [3.63, 3.8) is 0 Å². The molecule has 5 aliphatic carbocycles. The van der Waals surface area contributed by atoms with E-state index in [1.165, 1.54) is 64.0 Å². The first kappa shape index (κ1) is 67.0. The number of hydrogen-bond acceptors (Lipinski definition) is 15. The predicted octanol–water partition coefficient (Wildman–Crippen LogP) is 9.28. The van der Waals surface area contributed by atoms with E-state index >= 15 is 0 Å². The molecule has 21 nitrogen and oxygen atoms in total. The number of halogens is 1. The molecule has 10 rings (SSSR count). The topological polar surface area (TPSA) is 298 Å². The second-order valence-corrected chi connectivity index (χ2v) is 22.5. The Labute approximate surface area is 483 Å². The Morgan fingerprint density at radius 1 is 0.549 bits per heavy atom. The van der Waals surface area contributed by atoms with E-state index in [1.807, 2.05) is 12.3 Å². The molecule has 5 aromatic heterocycles. The van der Waals surface area contributed by atoms with Gasteiger partial charge in [0.05, 0.1) is 26.2 Å². The van der Waals surface area contributed by atoms with E-state index < -0.39 is 35.2 Å². The number of nitrogens with two attached hydrogens (primary N) is 2. The van der Waals surface area contributed by atoms with E-state index in [-0.39, 0.29) is 75.1 Å².